The molecule has 1 unspecified atom stereocenters. The van der Waals surface area contributed by atoms with E-state index >= 15 is 0 Å². The zero-order chi connectivity index (χ0) is 13.3. The van der Waals surface area contributed by atoms with Gasteiger partial charge in [0, 0.05) is 0 Å². The van der Waals surface area contributed by atoms with E-state index in [1.54, 1.807) is 19.1 Å². The second-order valence-corrected chi connectivity index (χ2v) is 5.70. The summed E-state index contributed by atoms with van der Waals surface area (Å²) in [6.45, 7) is 3.83. The first kappa shape index (κ1) is 13.5. The molecule has 2 nitrogen and oxygen atoms in total. The number of hydrogen-bond donors (Lipinski definition) is 2. The first-order chi connectivity index (χ1) is 8.42. The fourth-order valence-corrected chi connectivity index (χ4v) is 2.62. The van der Waals surface area contributed by atoms with E-state index in [0.717, 1.165) is 12.8 Å². The van der Waals surface area contributed by atoms with Gasteiger partial charge in [0.2, 0.25) is 0 Å². The van der Waals surface area contributed by atoms with Crippen LogP contribution in [-0.2, 0) is 0 Å². The Morgan fingerprint density at radius 2 is 1.94 bits per heavy atom. The summed E-state index contributed by atoms with van der Waals surface area (Å²) in [5, 5.41) is 20.8. The third-order valence-electron chi connectivity index (χ3n) is 4.16. The smallest absolute Gasteiger partial charge is 0.126 e. The molecule has 1 fully saturated rings. The molecule has 0 aromatic heterocycles. The van der Waals surface area contributed by atoms with Crippen molar-refractivity contribution in [2.45, 2.75) is 51.2 Å². The van der Waals surface area contributed by atoms with Crippen LogP contribution in [0.2, 0.25) is 0 Å². The van der Waals surface area contributed by atoms with Crippen LogP contribution in [0.3, 0.4) is 0 Å². The molecule has 1 atom stereocenters. The zero-order valence-corrected chi connectivity index (χ0v) is 11.0. The van der Waals surface area contributed by atoms with Gasteiger partial charge in [0.05, 0.1) is 5.60 Å². The van der Waals surface area contributed by atoms with Crippen LogP contribution in [-0.4, -0.2) is 15.8 Å². The maximum Gasteiger partial charge on any atom is 0.126 e. The van der Waals surface area contributed by atoms with Crippen molar-refractivity contribution in [2.24, 2.45) is 5.92 Å². The molecule has 1 aromatic carbocycles. The second-order valence-electron chi connectivity index (χ2n) is 5.70. The fourth-order valence-electron chi connectivity index (χ4n) is 2.62. The summed E-state index contributed by atoms with van der Waals surface area (Å²) in [4.78, 5) is 0. The summed E-state index contributed by atoms with van der Waals surface area (Å²) < 4.78 is 13.5. The van der Waals surface area contributed by atoms with Crippen molar-refractivity contribution in [3.8, 4) is 0 Å². The van der Waals surface area contributed by atoms with Crippen molar-refractivity contribution in [3.05, 3.63) is 35.1 Å². The van der Waals surface area contributed by atoms with Crippen molar-refractivity contribution in [1.82, 2.24) is 0 Å². The second kappa shape index (κ2) is 4.98. The normalized spacial score (nSPS) is 30.2. The average Bonchev–Trinajstić information content (AvgIpc) is 2.36. The monoisotopic (exact) mass is 252 g/mol. The van der Waals surface area contributed by atoms with E-state index in [2.05, 4.69) is 6.92 Å². The Labute approximate surface area is 107 Å². The van der Waals surface area contributed by atoms with E-state index in [0.29, 0.717) is 29.9 Å². The van der Waals surface area contributed by atoms with Crippen LogP contribution in [0, 0.1) is 18.7 Å². The Hall–Kier alpha value is -0.930. The molecule has 1 aromatic rings. The molecule has 1 aliphatic carbocycles. The van der Waals surface area contributed by atoms with Gasteiger partial charge in [0.15, 0.2) is 0 Å². The lowest BCUT2D eigenvalue weighted by molar-refractivity contribution is -0.105. The number of hydrogen-bond acceptors (Lipinski definition) is 2. The molecule has 3 heteroatoms. The summed E-state index contributed by atoms with van der Waals surface area (Å²) >= 11 is 0. The molecule has 100 valence electrons. The minimum Gasteiger partial charge on any atom is -0.387 e. The molecule has 0 bridgehead atoms. The zero-order valence-electron chi connectivity index (χ0n) is 11.0. The van der Waals surface area contributed by atoms with E-state index < -0.39 is 11.7 Å². The van der Waals surface area contributed by atoms with Crippen molar-refractivity contribution < 1.29 is 14.6 Å². The molecule has 0 spiro atoms. The Bertz CT molecular complexity index is 423. The molecule has 0 radical (unpaired) electrons. The highest BCUT2D eigenvalue weighted by molar-refractivity contribution is 5.26. The average molecular weight is 252 g/mol. The third-order valence-corrected chi connectivity index (χ3v) is 4.16. The van der Waals surface area contributed by atoms with Crippen LogP contribution in [0.5, 0.6) is 0 Å². The molecular formula is C15H21FO2. The molecule has 1 saturated carbocycles. The minimum absolute atomic E-state index is 0.334. The molecule has 2 rings (SSSR count). The molecule has 0 saturated heterocycles. The van der Waals surface area contributed by atoms with Crippen molar-refractivity contribution in [2.75, 3.05) is 0 Å². The highest BCUT2D eigenvalue weighted by Gasteiger charge is 2.39. The third kappa shape index (κ3) is 2.57. The Morgan fingerprint density at radius 3 is 2.50 bits per heavy atom. The highest BCUT2D eigenvalue weighted by Crippen LogP contribution is 2.40. The molecule has 1 aliphatic rings. The molecule has 18 heavy (non-hydrogen) atoms. The number of aryl methyl sites for hydroxylation is 1. The lowest BCUT2D eigenvalue weighted by atomic mass is 9.75. The predicted molar refractivity (Wildman–Crippen MR) is 68.7 cm³/mol. The van der Waals surface area contributed by atoms with Gasteiger partial charge in [-0.25, -0.2) is 4.39 Å². The summed E-state index contributed by atoms with van der Waals surface area (Å²) in [7, 11) is 0. The molecule has 0 heterocycles. The van der Waals surface area contributed by atoms with Gasteiger partial charge in [-0.2, -0.15) is 0 Å². The van der Waals surface area contributed by atoms with Gasteiger partial charge in [0.25, 0.3) is 0 Å². The quantitative estimate of drug-likeness (QED) is 0.849. The van der Waals surface area contributed by atoms with E-state index in [1.807, 2.05) is 0 Å². The van der Waals surface area contributed by atoms with Gasteiger partial charge >= 0.3 is 0 Å². The number of aliphatic hydroxyl groups is 2. The fraction of sp³-hybridized carbons (Fsp3) is 0.600. The van der Waals surface area contributed by atoms with E-state index in [9.17, 15) is 14.6 Å². The van der Waals surface area contributed by atoms with Gasteiger partial charge < -0.3 is 10.2 Å². The molecule has 2 N–H and O–H groups in total. The van der Waals surface area contributed by atoms with Crippen molar-refractivity contribution in [1.29, 1.82) is 0 Å². The first-order valence-electron chi connectivity index (χ1n) is 6.59. The number of rotatable bonds is 2. The largest absolute Gasteiger partial charge is 0.387 e. The summed E-state index contributed by atoms with van der Waals surface area (Å²) in [5.41, 5.74) is -0.0841. The van der Waals surface area contributed by atoms with Gasteiger partial charge in [-0.3, -0.25) is 0 Å². The van der Waals surface area contributed by atoms with Gasteiger partial charge in [-0.15, -0.1) is 0 Å². The van der Waals surface area contributed by atoms with Crippen LogP contribution >= 0.6 is 0 Å². The van der Waals surface area contributed by atoms with Gasteiger partial charge in [-0.1, -0.05) is 19.1 Å². The molecular weight excluding hydrogens is 231 g/mol. The Kier molecular flexibility index (Phi) is 3.74. The topological polar surface area (TPSA) is 40.5 Å². The maximum absolute atomic E-state index is 13.5. The number of aliphatic hydroxyl groups excluding tert-OH is 1. The summed E-state index contributed by atoms with van der Waals surface area (Å²) in [5.74, 6) is 0.256. The summed E-state index contributed by atoms with van der Waals surface area (Å²) in [6.07, 6.45) is 1.96. The lowest BCUT2D eigenvalue weighted by Crippen LogP contribution is -2.39. The minimum atomic E-state index is -1.10. The van der Waals surface area contributed by atoms with Crippen LogP contribution in [0.15, 0.2) is 18.2 Å². The lowest BCUT2D eigenvalue weighted by Gasteiger charge is -2.38. The Balaban J connectivity index is 2.19. The Morgan fingerprint density at radius 1 is 1.33 bits per heavy atom. The van der Waals surface area contributed by atoms with Crippen LogP contribution in [0.4, 0.5) is 4.39 Å². The van der Waals surface area contributed by atoms with Crippen LogP contribution < -0.4 is 0 Å². The van der Waals surface area contributed by atoms with Gasteiger partial charge in [0.1, 0.15) is 11.9 Å². The standard InChI is InChI=1S/C15H21FO2/c1-10-5-7-15(18,8-6-10)14(17)12-4-3-11(2)13(16)9-12/h3-4,9-10,14,17-18H,5-8H2,1-2H3. The van der Waals surface area contributed by atoms with Crippen LogP contribution in [0.25, 0.3) is 0 Å². The molecule has 0 aliphatic heterocycles. The number of benzene rings is 1. The maximum atomic E-state index is 13.5. The molecule has 0 amide bonds. The van der Waals surface area contributed by atoms with Gasteiger partial charge in [-0.05, 0) is 55.7 Å². The highest BCUT2D eigenvalue weighted by atomic mass is 19.1. The number of halogens is 1. The van der Waals surface area contributed by atoms with E-state index in [1.165, 1.54) is 6.07 Å². The van der Waals surface area contributed by atoms with Crippen molar-refractivity contribution in [3.63, 3.8) is 0 Å². The van der Waals surface area contributed by atoms with Crippen LogP contribution in [0.1, 0.15) is 49.8 Å². The summed E-state index contributed by atoms with van der Waals surface area (Å²) in [6, 6.07) is 4.66. The van der Waals surface area contributed by atoms with E-state index in [-0.39, 0.29) is 5.82 Å². The van der Waals surface area contributed by atoms with E-state index in [4.69, 9.17) is 0 Å². The van der Waals surface area contributed by atoms with Crippen molar-refractivity contribution >= 4 is 0 Å². The SMILES string of the molecule is Cc1ccc(C(O)C2(O)CCC(C)CC2)cc1F. The predicted octanol–water partition coefficient (Wildman–Crippen LogP) is 3.11. The first-order valence-corrected chi connectivity index (χ1v) is 6.59.